The normalized spacial score (nSPS) is 14.6. The number of carbonyl (C=O) groups excluding carboxylic acids is 2. The number of unbranched alkanes of at least 4 members (excludes halogenated alkanes) is 2. The summed E-state index contributed by atoms with van der Waals surface area (Å²) in [6.07, 6.45) is 3.05. The van der Waals surface area contributed by atoms with Gasteiger partial charge in [-0.05, 0) is 30.8 Å². The fourth-order valence-corrected chi connectivity index (χ4v) is 3.62. The van der Waals surface area contributed by atoms with Crippen molar-refractivity contribution in [2.45, 2.75) is 25.3 Å². The topological polar surface area (TPSA) is 99.5 Å². The van der Waals surface area contributed by atoms with Crippen molar-refractivity contribution in [2.24, 2.45) is 0 Å². The summed E-state index contributed by atoms with van der Waals surface area (Å²) in [5, 5.41) is 14.1. The number of nitrogens with zero attached hydrogens (tertiary/aromatic N) is 2. The molecule has 1 fully saturated rings. The molecule has 146 valence electrons. The number of hydrogen-bond donors (Lipinski definition) is 3. The molecule has 3 rings (SSSR count). The zero-order valence-corrected chi connectivity index (χ0v) is 16.2. The first-order chi connectivity index (χ1) is 13.2. The minimum atomic E-state index is -0.201. The van der Waals surface area contributed by atoms with Crippen molar-refractivity contribution in [3.8, 4) is 10.6 Å². The smallest absolute Gasteiger partial charge is 0.314 e. The number of thiophene rings is 1. The highest BCUT2D eigenvalue weighted by molar-refractivity contribution is 7.13. The van der Waals surface area contributed by atoms with Gasteiger partial charge in [0.2, 0.25) is 0 Å². The number of rotatable bonds is 9. The molecule has 1 aliphatic rings. The number of urea groups is 1. The van der Waals surface area contributed by atoms with Crippen LogP contribution in [0.3, 0.4) is 0 Å². The van der Waals surface area contributed by atoms with Crippen molar-refractivity contribution >= 4 is 23.3 Å². The quantitative estimate of drug-likeness (QED) is 0.567. The fourth-order valence-electron chi connectivity index (χ4n) is 2.95. The van der Waals surface area contributed by atoms with Gasteiger partial charge in [-0.1, -0.05) is 17.6 Å². The van der Waals surface area contributed by atoms with E-state index in [1.165, 1.54) is 0 Å². The van der Waals surface area contributed by atoms with Crippen molar-refractivity contribution in [1.29, 1.82) is 0 Å². The zero-order valence-electron chi connectivity index (χ0n) is 15.4. The van der Waals surface area contributed by atoms with Crippen LogP contribution in [0.2, 0.25) is 0 Å². The molecule has 9 heteroatoms. The highest BCUT2D eigenvalue weighted by Crippen LogP contribution is 2.25. The number of likely N-dealkylation sites (tertiary alicyclic amines) is 1. The molecule has 0 saturated carbocycles. The first kappa shape index (κ1) is 19.4. The maximum absolute atomic E-state index is 12.1. The predicted molar refractivity (Wildman–Crippen MR) is 104 cm³/mol. The second kappa shape index (κ2) is 9.52. The van der Waals surface area contributed by atoms with Crippen LogP contribution in [0.25, 0.3) is 10.6 Å². The molecular weight excluding hydrogens is 366 g/mol. The Balaban J connectivity index is 1.24. The first-order valence-corrected chi connectivity index (χ1v) is 10.0. The Kier molecular flexibility index (Phi) is 6.83. The molecule has 1 aliphatic heterocycles. The van der Waals surface area contributed by atoms with Gasteiger partial charge in [0.25, 0.3) is 5.91 Å². The third kappa shape index (κ3) is 5.54. The van der Waals surface area contributed by atoms with Gasteiger partial charge in [-0.3, -0.25) is 9.69 Å². The van der Waals surface area contributed by atoms with Crippen LogP contribution in [0.5, 0.6) is 0 Å². The lowest BCUT2D eigenvalue weighted by Gasteiger charge is -2.39. The Morgan fingerprint density at radius 1 is 1.33 bits per heavy atom. The lowest BCUT2D eigenvalue weighted by atomic mass is 10.1. The number of amides is 3. The second-order valence-corrected chi connectivity index (χ2v) is 7.50. The van der Waals surface area contributed by atoms with Gasteiger partial charge in [0.15, 0.2) is 11.5 Å². The van der Waals surface area contributed by atoms with Gasteiger partial charge >= 0.3 is 6.03 Å². The van der Waals surface area contributed by atoms with Crippen LogP contribution < -0.4 is 16.0 Å². The third-order valence-electron chi connectivity index (χ3n) is 4.46. The third-order valence-corrected chi connectivity index (χ3v) is 5.35. The van der Waals surface area contributed by atoms with Gasteiger partial charge in [-0.2, -0.15) is 0 Å². The summed E-state index contributed by atoms with van der Waals surface area (Å²) in [4.78, 5) is 26.6. The molecule has 2 aromatic heterocycles. The van der Waals surface area contributed by atoms with E-state index in [2.05, 4.69) is 26.0 Å². The highest BCUT2D eigenvalue weighted by Gasteiger charge is 2.26. The lowest BCUT2D eigenvalue weighted by molar-refractivity contribution is 0.0943. The van der Waals surface area contributed by atoms with Gasteiger partial charge in [0.1, 0.15) is 0 Å². The molecule has 2 aromatic rings. The summed E-state index contributed by atoms with van der Waals surface area (Å²) in [6.45, 7) is 3.46. The van der Waals surface area contributed by atoms with E-state index in [-0.39, 0.29) is 18.0 Å². The van der Waals surface area contributed by atoms with Crippen molar-refractivity contribution < 1.29 is 14.1 Å². The van der Waals surface area contributed by atoms with Gasteiger partial charge in [0.05, 0.1) is 10.9 Å². The van der Waals surface area contributed by atoms with Gasteiger partial charge < -0.3 is 20.5 Å². The molecule has 3 heterocycles. The molecule has 0 aromatic carbocycles. The van der Waals surface area contributed by atoms with Crippen LogP contribution in [-0.4, -0.2) is 61.3 Å². The highest BCUT2D eigenvalue weighted by atomic mass is 32.1. The average molecular weight is 391 g/mol. The molecular formula is C18H25N5O3S. The molecule has 0 atom stereocenters. The van der Waals surface area contributed by atoms with Crippen LogP contribution in [0, 0.1) is 0 Å². The average Bonchev–Trinajstić information content (AvgIpc) is 3.32. The second-order valence-electron chi connectivity index (χ2n) is 6.55. The molecule has 0 radical (unpaired) electrons. The van der Waals surface area contributed by atoms with Crippen molar-refractivity contribution in [1.82, 2.24) is 26.0 Å². The molecule has 27 heavy (non-hydrogen) atoms. The van der Waals surface area contributed by atoms with Crippen molar-refractivity contribution in [3.63, 3.8) is 0 Å². The van der Waals surface area contributed by atoms with Crippen molar-refractivity contribution in [2.75, 3.05) is 33.2 Å². The van der Waals surface area contributed by atoms with Gasteiger partial charge in [-0.15, -0.1) is 11.3 Å². The maximum atomic E-state index is 12.1. The van der Waals surface area contributed by atoms with E-state index in [4.69, 9.17) is 4.52 Å². The summed E-state index contributed by atoms with van der Waals surface area (Å²) in [6, 6.07) is 5.67. The van der Waals surface area contributed by atoms with E-state index in [1.54, 1.807) is 24.5 Å². The molecule has 0 unspecified atom stereocenters. The summed E-state index contributed by atoms with van der Waals surface area (Å²) in [7, 11) is 1.62. The van der Waals surface area contributed by atoms with Gasteiger partial charge in [-0.25, -0.2) is 4.79 Å². The van der Waals surface area contributed by atoms with E-state index in [1.807, 2.05) is 17.5 Å². The minimum absolute atomic E-state index is 0.120. The minimum Gasteiger partial charge on any atom is -0.355 e. The van der Waals surface area contributed by atoms with E-state index in [9.17, 15) is 9.59 Å². The first-order valence-electron chi connectivity index (χ1n) is 9.15. The monoisotopic (exact) mass is 391 g/mol. The Morgan fingerprint density at radius 3 is 2.93 bits per heavy atom. The Labute approximate surface area is 162 Å². The number of carbonyl (C=O) groups is 2. The Bertz CT molecular complexity index is 740. The van der Waals surface area contributed by atoms with Crippen LogP contribution in [0.15, 0.2) is 28.1 Å². The van der Waals surface area contributed by atoms with E-state index in [0.717, 1.165) is 43.8 Å². The molecule has 0 aliphatic carbocycles. The van der Waals surface area contributed by atoms with E-state index in [0.29, 0.717) is 18.0 Å². The SMILES string of the molecule is CNC(=O)NC1CN(CCCCCNC(=O)c2cc(-c3cccs3)on2)C1. The Morgan fingerprint density at radius 2 is 2.19 bits per heavy atom. The standard InChI is InChI=1S/C18H25N5O3S/c1-19-18(25)21-13-11-23(12-13)8-4-2-3-7-20-17(24)14-10-15(26-22-14)16-6-5-9-27-16/h5-6,9-10,13H,2-4,7-8,11-12H2,1H3,(H,20,24)(H2,19,21,25). The summed E-state index contributed by atoms with van der Waals surface area (Å²) in [5.74, 6) is 0.418. The number of aromatic nitrogens is 1. The molecule has 8 nitrogen and oxygen atoms in total. The summed E-state index contributed by atoms with van der Waals surface area (Å²) in [5.41, 5.74) is 0.314. The molecule has 3 amide bonds. The van der Waals surface area contributed by atoms with E-state index < -0.39 is 0 Å². The Hall–Kier alpha value is -2.39. The lowest BCUT2D eigenvalue weighted by Crippen LogP contribution is -2.60. The summed E-state index contributed by atoms with van der Waals surface area (Å²) >= 11 is 1.55. The zero-order chi connectivity index (χ0) is 19.1. The van der Waals surface area contributed by atoms with Crippen molar-refractivity contribution in [3.05, 3.63) is 29.3 Å². The maximum Gasteiger partial charge on any atom is 0.314 e. The predicted octanol–water partition coefficient (Wildman–Crippen LogP) is 1.92. The molecule has 0 bridgehead atoms. The molecule has 0 spiro atoms. The van der Waals surface area contributed by atoms with E-state index >= 15 is 0 Å². The molecule has 3 N–H and O–H groups in total. The number of hydrogen-bond acceptors (Lipinski definition) is 6. The molecule has 1 saturated heterocycles. The largest absolute Gasteiger partial charge is 0.355 e. The van der Waals surface area contributed by atoms with Crippen LogP contribution >= 0.6 is 11.3 Å². The van der Waals surface area contributed by atoms with Crippen LogP contribution in [-0.2, 0) is 0 Å². The van der Waals surface area contributed by atoms with Crippen LogP contribution in [0.1, 0.15) is 29.8 Å². The van der Waals surface area contributed by atoms with Gasteiger partial charge in [0, 0.05) is 32.7 Å². The summed E-state index contributed by atoms with van der Waals surface area (Å²) < 4.78 is 5.22. The van der Waals surface area contributed by atoms with Crippen LogP contribution in [0.4, 0.5) is 4.79 Å². The number of nitrogens with one attached hydrogen (secondary N) is 3. The fraction of sp³-hybridized carbons (Fsp3) is 0.500.